The molecule has 0 spiro atoms. The van der Waals surface area contributed by atoms with Gasteiger partial charge in [-0.15, -0.1) is 0 Å². The summed E-state index contributed by atoms with van der Waals surface area (Å²) in [5.74, 6) is -0.626. The maximum atomic E-state index is 11.4. The van der Waals surface area contributed by atoms with Crippen LogP contribution >= 0.6 is 0 Å². The summed E-state index contributed by atoms with van der Waals surface area (Å²) in [7, 11) is -3.68. The molecule has 1 aromatic rings. The summed E-state index contributed by atoms with van der Waals surface area (Å²) in [6.07, 6.45) is 3.18. The highest BCUT2D eigenvalue weighted by molar-refractivity contribution is 7.85. The number of aromatic nitrogens is 2. The van der Waals surface area contributed by atoms with Crippen molar-refractivity contribution in [1.29, 1.82) is 0 Å². The van der Waals surface area contributed by atoms with Gasteiger partial charge >= 0.3 is 5.97 Å². The first-order valence-corrected chi connectivity index (χ1v) is 7.54. The minimum absolute atomic E-state index is 0.00423. The molecule has 0 unspecified atom stereocenters. The maximum Gasteiger partial charge on any atom is 0.358 e. The highest BCUT2D eigenvalue weighted by Crippen LogP contribution is 2.18. The van der Waals surface area contributed by atoms with Crippen LogP contribution in [0.25, 0.3) is 0 Å². The molecule has 1 atom stereocenters. The molecule has 1 rings (SSSR count). The van der Waals surface area contributed by atoms with Gasteiger partial charge in [-0.3, -0.25) is 9.17 Å². The number of hydrogen-bond acceptors (Lipinski definition) is 8. The van der Waals surface area contributed by atoms with Crippen LogP contribution < -0.4 is 0 Å². The molecular weight excluding hydrogens is 288 g/mol. The van der Waals surface area contributed by atoms with E-state index in [2.05, 4.69) is 14.2 Å². The Labute approximate surface area is 116 Å². The summed E-state index contributed by atoms with van der Waals surface area (Å²) in [4.78, 5) is 19.0. The van der Waals surface area contributed by atoms with E-state index < -0.39 is 28.3 Å². The van der Waals surface area contributed by atoms with Gasteiger partial charge in [0.1, 0.15) is 12.2 Å². The Hall–Kier alpha value is -1.58. The number of aliphatic hydroxyl groups is 1. The van der Waals surface area contributed by atoms with Crippen molar-refractivity contribution in [1.82, 2.24) is 9.97 Å². The zero-order chi connectivity index (χ0) is 15.4. The first kappa shape index (κ1) is 16.5. The van der Waals surface area contributed by atoms with E-state index in [9.17, 15) is 18.3 Å². The average molecular weight is 304 g/mol. The molecule has 1 heterocycles. The third-order valence-electron chi connectivity index (χ3n) is 2.24. The van der Waals surface area contributed by atoms with Gasteiger partial charge in [-0.2, -0.15) is 8.42 Å². The summed E-state index contributed by atoms with van der Waals surface area (Å²) < 4.78 is 31.1. The van der Waals surface area contributed by atoms with Gasteiger partial charge in [0.25, 0.3) is 10.1 Å². The van der Waals surface area contributed by atoms with Crippen LogP contribution in [0.1, 0.15) is 30.0 Å². The van der Waals surface area contributed by atoms with E-state index in [0.717, 1.165) is 18.6 Å². The van der Waals surface area contributed by atoms with Gasteiger partial charge in [-0.25, -0.2) is 9.78 Å². The van der Waals surface area contributed by atoms with Crippen LogP contribution in [-0.2, 0) is 24.6 Å². The lowest BCUT2D eigenvalue weighted by molar-refractivity contribution is 0.00587. The number of carbonyl (C=O) groups excluding carboxylic acids is 1. The molecule has 0 aromatic carbocycles. The Morgan fingerprint density at radius 2 is 2.05 bits per heavy atom. The van der Waals surface area contributed by atoms with E-state index in [4.69, 9.17) is 4.74 Å². The summed E-state index contributed by atoms with van der Waals surface area (Å²) in [5.41, 5.74) is -1.58. The second-order valence-electron chi connectivity index (χ2n) is 4.25. The lowest BCUT2D eigenvalue weighted by Gasteiger charge is -2.21. The molecule has 20 heavy (non-hydrogen) atoms. The van der Waals surface area contributed by atoms with E-state index in [1.165, 1.54) is 6.92 Å². The molecule has 0 saturated carbocycles. The SMILES string of the molecule is CCOC(=O)c1cnc([C@](C)(O)COS(C)(=O)=O)cn1. The van der Waals surface area contributed by atoms with Crippen molar-refractivity contribution in [3.05, 3.63) is 23.8 Å². The van der Waals surface area contributed by atoms with Crippen LogP contribution in [0.4, 0.5) is 0 Å². The van der Waals surface area contributed by atoms with E-state index >= 15 is 0 Å². The van der Waals surface area contributed by atoms with Crippen molar-refractivity contribution in [3.63, 3.8) is 0 Å². The fraction of sp³-hybridized carbons (Fsp3) is 0.545. The molecule has 0 amide bonds. The third kappa shape index (κ3) is 4.83. The second kappa shape index (κ2) is 6.25. The molecule has 0 bridgehead atoms. The molecule has 112 valence electrons. The fourth-order valence-electron chi connectivity index (χ4n) is 1.21. The highest BCUT2D eigenvalue weighted by atomic mass is 32.2. The quantitative estimate of drug-likeness (QED) is 0.569. The number of hydrogen-bond donors (Lipinski definition) is 1. The molecule has 0 saturated heterocycles. The van der Waals surface area contributed by atoms with E-state index in [-0.39, 0.29) is 18.0 Å². The summed E-state index contributed by atoms with van der Waals surface area (Å²) in [6, 6.07) is 0. The molecule has 0 aliphatic heterocycles. The summed E-state index contributed by atoms with van der Waals surface area (Å²) in [5, 5.41) is 10.1. The van der Waals surface area contributed by atoms with Gasteiger partial charge in [0.15, 0.2) is 5.69 Å². The molecule has 0 radical (unpaired) electrons. The largest absolute Gasteiger partial charge is 0.461 e. The number of rotatable bonds is 6. The maximum absolute atomic E-state index is 11.4. The first-order chi connectivity index (χ1) is 9.15. The lowest BCUT2D eigenvalue weighted by Crippen LogP contribution is -2.30. The Balaban J connectivity index is 2.83. The van der Waals surface area contributed by atoms with Gasteiger partial charge in [-0.1, -0.05) is 0 Å². The van der Waals surface area contributed by atoms with E-state index in [1.807, 2.05) is 0 Å². The standard InChI is InChI=1S/C11H16N2O6S/c1-4-18-10(14)8-5-13-9(6-12-8)11(2,15)7-19-20(3,16)17/h5-6,15H,4,7H2,1-3H3/t11-/m1/s1. The predicted octanol–water partition coefficient (Wildman–Crippen LogP) is -0.163. The van der Waals surface area contributed by atoms with Gasteiger partial charge < -0.3 is 9.84 Å². The summed E-state index contributed by atoms with van der Waals surface area (Å²) >= 11 is 0. The van der Waals surface area contributed by atoms with Gasteiger partial charge in [0.2, 0.25) is 0 Å². The van der Waals surface area contributed by atoms with Crippen molar-refractivity contribution in [2.24, 2.45) is 0 Å². The molecule has 0 aliphatic rings. The van der Waals surface area contributed by atoms with Crippen LogP contribution in [-0.4, -0.2) is 48.9 Å². The number of esters is 1. The topological polar surface area (TPSA) is 116 Å². The molecule has 1 N–H and O–H groups in total. The van der Waals surface area contributed by atoms with Crippen LogP contribution in [0.2, 0.25) is 0 Å². The minimum atomic E-state index is -3.68. The van der Waals surface area contributed by atoms with Crippen LogP contribution in [0.15, 0.2) is 12.4 Å². The van der Waals surface area contributed by atoms with Crippen LogP contribution in [0.3, 0.4) is 0 Å². The molecule has 9 heteroatoms. The first-order valence-electron chi connectivity index (χ1n) is 5.72. The van der Waals surface area contributed by atoms with Crippen LogP contribution in [0.5, 0.6) is 0 Å². The molecular formula is C11H16N2O6S. The second-order valence-corrected chi connectivity index (χ2v) is 5.89. The highest BCUT2D eigenvalue weighted by Gasteiger charge is 2.28. The van der Waals surface area contributed by atoms with Crippen molar-refractivity contribution in [2.45, 2.75) is 19.4 Å². The number of nitrogens with zero attached hydrogens (tertiary/aromatic N) is 2. The van der Waals surface area contributed by atoms with Gasteiger partial charge in [0, 0.05) is 0 Å². The third-order valence-corrected chi connectivity index (χ3v) is 2.79. The normalized spacial score (nSPS) is 14.6. The van der Waals surface area contributed by atoms with E-state index in [0.29, 0.717) is 0 Å². The smallest absolute Gasteiger partial charge is 0.358 e. The molecule has 8 nitrogen and oxygen atoms in total. The molecule has 0 fully saturated rings. The van der Waals surface area contributed by atoms with Crippen molar-refractivity contribution in [2.75, 3.05) is 19.5 Å². The van der Waals surface area contributed by atoms with Crippen molar-refractivity contribution in [3.8, 4) is 0 Å². The lowest BCUT2D eigenvalue weighted by atomic mass is 10.1. The molecule has 1 aromatic heterocycles. The predicted molar refractivity (Wildman–Crippen MR) is 68.4 cm³/mol. The minimum Gasteiger partial charge on any atom is -0.461 e. The van der Waals surface area contributed by atoms with Crippen molar-refractivity contribution >= 4 is 16.1 Å². The Kier molecular flexibility index (Phi) is 5.15. The zero-order valence-electron chi connectivity index (χ0n) is 11.4. The average Bonchev–Trinajstić information content (AvgIpc) is 2.36. The van der Waals surface area contributed by atoms with Gasteiger partial charge in [0.05, 0.1) is 31.0 Å². The summed E-state index contributed by atoms with van der Waals surface area (Å²) in [6.45, 7) is 2.70. The van der Waals surface area contributed by atoms with Crippen molar-refractivity contribution < 1.29 is 27.2 Å². The number of carbonyl (C=O) groups is 1. The van der Waals surface area contributed by atoms with Gasteiger partial charge in [-0.05, 0) is 13.8 Å². The fourth-order valence-corrected chi connectivity index (χ4v) is 1.66. The van der Waals surface area contributed by atoms with Crippen LogP contribution in [0, 0.1) is 0 Å². The Bertz CT molecular complexity index is 567. The number of ether oxygens (including phenoxy) is 1. The Morgan fingerprint density at radius 1 is 1.40 bits per heavy atom. The monoisotopic (exact) mass is 304 g/mol. The zero-order valence-corrected chi connectivity index (χ0v) is 12.2. The van der Waals surface area contributed by atoms with E-state index in [1.54, 1.807) is 6.92 Å². The Morgan fingerprint density at radius 3 is 2.50 bits per heavy atom. The molecule has 0 aliphatic carbocycles.